The molecule has 0 atom stereocenters. The standard InChI is InChI=1S/C18H13ClF3NO/c1-2-23-16-10-13(19)6-7-14(16)15(17(23)24)9-11-4-3-5-12(8-11)18(20,21)22/h3-10H,2H2,1H3/b15-9+. The minimum Gasteiger partial charge on any atom is -0.308 e. The van der Waals surface area contributed by atoms with Gasteiger partial charge in [0.15, 0.2) is 0 Å². The molecule has 0 saturated heterocycles. The summed E-state index contributed by atoms with van der Waals surface area (Å²) in [4.78, 5) is 14.1. The number of carbonyl (C=O) groups excluding carboxylic acids is 1. The number of nitrogens with zero attached hydrogens (tertiary/aromatic N) is 1. The van der Waals surface area contributed by atoms with E-state index in [1.54, 1.807) is 29.2 Å². The predicted octanol–water partition coefficient (Wildman–Crippen LogP) is 5.27. The Morgan fingerprint density at radius 2 is 1.92 bits per heavy atom. The molecule has 1 amide bonds. The van der Waals surface area contributed by atoms with Gasteiger partial charge in [0, 0.05) is 22.7 Å². The van der Waals surface area contributed by atoms with Crippen LogP contribution in [0.25, 0.3) is 11.6 Å². The van der Waals surface area contributed by atoms with Gasteiger partial charge in [-0.2, -0.15) is 13.2 Å². The van der Waals surface area contributed by atoms with E-state index in [-0.39, 0.29) is 5.91 Å². The SMILES string of the molecule is CCN1C(=O)/C(=C/c2cccc(C(F)(F)F)c2)c2ccc(Cl)cc21. The number of alkyl halides is 3. The Labute approximate surface area is 142 Å². The first-order valence-electron chi connectivity index (χ1n) is 7.32. The smallest absolute Gasteiger partial charge is 0.308 e. The molecule has 0 saturated carbocycles. The molecule has 2 aromatic carbocycles. The van der Waals surface area contributed by atoms with Gasteiger partial charge >= 0.3 is 6.18 Å². The second-order valence-electron chi connectivity index (χ2n) is 5.39. The molecule has 0 spiro atoms. The highest BCUT2D eigenvalue weighted by Gasteiger charge is 2.32. The van der Waals surface area contributed by atoms with Crippen molar-refractivity contribution in [2.45, 2.75) is 13.1 Å². The minimum absolute atomic E-state index is 0.243. The molecule has 2 aromatic rings. The van der Waals surface area contributed by atoms with Gasteiger partial charge < -0.3 is 4.90 Å². The lowest BCUT2D eigenvalue weighted by Gasteiger charge is -2.13. The summed E-state index contributed by atoms with van der Waals surface area (Å²) < 4.78 is 38.5. The number of hydrogen-bond acceptors (Lipinski definition) is 1. The van der Waals surface area contributed by atoms with E-state index >= 15 is 0 Å². The number of amides is 1. The number of halogens is 4. The summed E-state index contributed by atoms with van der Waals surface area (Å²) in [6, 6.07) is 9.96. The number of benzene rings is 2. The maximum atomic E-state index is 12.8. The first-order chi connectivity index (χ1) is 11.3. The molecule has 0 unspecified atom stereocenters. The van der Waals surface area contributed by atoms with Gasteiger partial charge in [-0.15, -0.1) is 0 Å². The van der Waals surface area contributed by atoms with E-state index in [1.807, 2.05) is 6.92 Å². The molecular weight excluding hydrogens is 339 g/mol. The van der Waals surface area contributed by atoms with Gasteiger partial charge in [-0.1, -0.05) is 29.8 Å². The van der Waals surface area contributed by atoms with Crippen molar-refractivity contribution in [2.24, 2.45) is 0 Å². The first kappa shape index (κ1) is 16.6. The summed E-state index contributed by atoms with van der Waals surface area (Å²) in [5.74, 6) is -0.243. The van der Waals surface area contributed by atoms with Crippen molar-refractivity contribution >= 4 is 34.8 Å². The van der Waals surface area contributed by atoms with Crippen molar-refractivity contribution in [1.82, 2.24) is 0 Å². The van der Waals surface area contributed by atoms with E-state index in [1.165, 1.54) is 12.1 Å². The first-order valence-corrected chi connectivity index (χ1v) is 7.70. The third kappa shape index (κ3) is 2.91. The van der Waals surface area contributed by atoms with Crippen LogP contribution in [0.4, 0.5) is 18.9 Å². The van der Waals surface area contributed by atoms with Gasteiger partial charge in [0.05, 0.1) is 11.3 Å². The molecule has 1 aliphatic rings. The van der Waals surface area contributed by atoms with Crippen LogP contribution in [0.2, 0.25) is 5.02 Å². The summed E-state index contributed by atoms with van der Waals surface area (Å²) >= 11 is 5.99. The number of fused-ring (bicyclic) bond motifs is 1. The fraction of sp³-hybridized carbons (Fsp3) is 0.167. The molecule has 0 aromatic heterocycles. The molecule has 6 heteroatoms. The van der Waals surface area contributed by atoms with Gasteiger partial charge in [0.1, 0.15) is 0 Å². The van der Waals surface area contributed by atoms with E-state index in [0.717, 1.165) is 12.1 Å². The van der Waals surface area contributed by atoms with Crippen molar-refractivity contribution < 1.29 is 18.0 Å². The zero-order valence-electron chi connectivity index (χ0n) is 12.7. The summed E-state index contributed by atoms with van der Waals surface area (Å²) in [6.07, 6.45) is -2.94. The lowest BCUT2D eigenvalue weighted by Crippen LogP contribution is -2.25. The fourth-order valence-corrected chi connectivity index (χ4v) is 2.92. The molecule has 24 heavy (non-hydrogen) atoms. The molecule has 0 fully saturated rings. The van der Waals surface area contributed by atoms with Crippen molar-refractivity contribution in [3.05, 3.63) is 64.2 Å². The average Bonchev–Trinajstić information content (AvgIpc) is 2.78. The Bertz CT molecular complexity index is 842. The Kier molecular flexibility index (Phi) is 4.13. The fourth-order valence-electron chi connectivity index (χ4n) is 2.75. The lowest BCUT2D eigenvalue weighted by atomic mass is 10.0. The molecule has 1 heterocycles. The van der Waals surface area contributed by atoms with Crippen LogP contribution >= 0.6 is 11.6 Å². The molecule has 124 valence electrons. The van der Waals surface area contributed by atoms with Crippen LogP contribution in [0.1, 0.15) is 23.6 Å². The van der Waals surface area contributed by atoms with Crippen molar-refractivity contribution in [2.75, 3.05) is 11.4 Å². The Morgan fingerprint density at radius 1 is 1.17 bits per heavy atom. The van der Waals surface area contributed by atoms with E-state index in [0.29, 0.717) is 34.0 Å². The second kappa shape index (κ2) is 5.98. The molecule has 0 N–H and O–H groups in total. The number of anilines is 1. The van der Waals surface area contributed by atoms with Gasteiger partial charge in [-0.3, -0.25) is 4.79 Å². The zero-order valence-corrected chi connectivity index (χ0v) is 13.4. The van der Waals surface area contributed by atoms with Crippen molar-refractivity contribution in [1.29, 1.82) is 0 Å². The molecule has 0 radical (unpaired) electrons. The zero-order chi connectivity index (χ0) is 17.5. The van der Waals surface area contributed by atoms with Gasteiger partial charge in [0.25, 0.3) is 5.91 Å². The maximum absolute atomic E-state index is 12.8. The van der Waals surface area contributed by atoms with Crippen molar-refractivity contribution in [3.63, 3.8) is 0 Å². The number of carbonyl (C=O) groups is 1. The molecule has 2 nitrogen and oxygen atoms in total. The number of rotatable bonds is 2. The predicted molar refractivity (Wildman–Crippen MR) is 88.8 cm³/mol. The molecule has 0 bridgehead atoms. The van der Waals surface area contributed by atoms with Crippen LogP contribution in [0.5, 0.6) is 0 Å². The highest BCUT2D eigenvalue weighted by Crippen LogP contribution is 2.39. The van der Waals surface area contributed by atoms with Crippen molar-refractivity contribution in [3.8, 4) is 0 Å². The van der Waals surface area contributed by atoms with E-state index in [2.05, 4.69) is 0 Å². The Hall–Kier alpha value is -2.27. The third-order valence-corrected chi connectivity index (χ3v) is 4.09. The molecule has 1 aliphatic heterocycles. The highest BCUT2D eigenvalue weighted by atomic mass is 35.5. The second-order valence-corrected chi connectivity index (χ2v) is 5.83. The molecule has 3 rings (SSSR count). The van der Waals surface area contributed by atoms with Crippen LogP contribution in [0.15, 0.2) is 42.5 Å². The normalized spacial score (nSPS) is 16.0. The van der Waals surface area contributed by atoms with Crippen LogP contribution in [-0.4, -0.2) is 12.5 Å². The quantitative estimate of drug-likeness (QED) is 0.675. The van der Waals surface area contributed by atoms with E-state index in [4.69, 9.17) is 11.6 Å². The van der Waals surface area contributed by atoms with E-state index < -0.39 is 11.7 Å². The third-order valence-electron chi connectivity index (χ3n) is 3.86. The monoisotopic (exact) mass is 351 g/mol. The largest absolute Gasteiger partial charge is 0.416 e. The van der Waals surface area contributed by atoms with Crippen LogP contribution < -0.4 is 4.90 Å². The molecule has 0 aliphatic carbocycles. The highest BCUT2D eigenvalue weighted by molar-refractivity contribution is 6.37. The minimum atomic E-state index is -4.42. The topological polar surface area (TPSA) is 20.3 Å². The molecular formula is C18H13ClF3NO. The number of likely N-dealkylation sites (N-methyl/N-ethyl adjacent to an activating group) is 1. The maximum Gasteiger partial charge on any atom is 0.416 e. The van der Waals surface area contributed by atoms with Crippen LogP contribution in [0, 0.1) is 0 Å². The van der Waals surface area contributed by atoms with Gasteiger partial charge in [0.2, 0.25) is 0 Å². The van der Waals surface area contributed by atoms with E-state index in [9.17, 15) is 18.0 Å². The lowest BCUT2D eigenvalue weighted by molar-refractivity contribution is -0.137. The Morgan fingerprint density at radius 3 is 2.58 bits per heavy atom. The van der Waals surface area contributed by atoms with Crippen LogP contribution in [0.3, 0.4) is 0 Å². The summed E-state index contributed by atoms with van der Waals surface area (Å²) in [7, 11) is 0. The Balaban J connectivity index is 2.10. The summed E-state index contributed by atoms with van der Waals surface area (Å²) in [6.45, 7) is 2.28. The average molecular weight is 352 g/mol. The van der Waals surface area contributed by atoms with Gasteiger partial charge in [-0.25, -0.2) is 0 Å². The number of hydrogen-bond donors (Lipinski definition) is 0. The van der Waals surface area contributed by atoms with Gasteiger partial charge in [-0.05, 0) is 42.8 Å². The summed E-state index contributed by atoms with van der Waals surface area (Å²) in [5.41, 5.74) is 1.29. The summed E-state index contributed by atoms with van der Waals surface area (Å²) in [5, 5.41) is 0.500. The van der Waals surface area contributed by atoms with Crippen LogP contribution in [-0.2, 0) is 11.0 Å².